The van der Waals surface area contributed by atoms with Gasteiger partial charge in [0.25, 0.3) is 0 Å². The molecule has 1 atom stereocenters. The number of piperidine rings is 1. The zero-order chi connectivity index (χ0) is 24.9. The number of amides is 3. The van der Waals surface area contributed by atoms with Gasteiger partial charge in [-0.1, -0.05) is 6.07 Å². The minimum atomic E-state index is -1.07. The molecule has 11 heteroatoms. The first-order valence-corrected chi connectivity index (χ1v) is 11.2. The molecule has 0 bridgehead atoms. The predicted molar refractivity (Wildman–Crippen MR) is 120 cm³/mol. The maximum absolute atomic E-state index is 13.6. The molecule has 184 valence electrons. The van der Waals surface area contributed by atoms with Gasteiger partial charge in [0.1, 0.15) is 24.5 Å². The molecule has 2 aliphatic rings. The Balaban J connectivity index is 1.23. The highest BCUT2D eigenvalue weighted by atomic mass is 19.2. The van der Waals surface area contributed by atoms with Gasteiger partial charge in [-0.2, -0.15) is 5.26 Å². The molecule has 35 heavy (non-hydrogen) atoms. The number of hydrogen-bond donors (Lipinski definition) is 2. The third-order valence-corrected chi connectivity index (χ3v) is 6.17. The number of urea groups is 1. The Morgan fingerprint density at radius 3 is 2.57 bits per heavy atom. The van der Waals surface area contributed by atoms with Crippen molar-refractivity contribution in [2.75, 3.05) is 37.7 Å². The van der Waals surface area contributed by atoms with E-state index < -0.39 is 35.6 Å². The van der Waals surface area contributed by atoms with Crippen molar-refractivity contribution in [1.29, 1.82) is 5.26 Å². The van der Waals surface area contributed by atoms with Crippen molar-refractivity contribution in [2.24, 2.45) is 0 Å². The number of ether oxygens (including phenoxy) is 1. The third kappa shape index (κ3) is 5.49. The summed E-state index contributed by atoms with van der Waals surface area (Å²) in [6, 6.07) is 8.09. The first-order valence-electron chi connectivity index (χ1n) is 11.2. The van der Waals surface area contributed by atoms with Gasteiger partial charge in [-0.3, -0.25) is 0 Å². The van der Waals surface area contributed by atoms with Crippen molar-refractivity contribution in [3.8, 4) is 6.07 Å². The average Bonchev–Trinajstić information content (AvgIpc) is 3.25. The van der Waals surface area contributed by atoms with Crippen LogP contribution in [0.5, 0.6) is 0 Å². The smallest absolute Gasteiger partial charge is 0.418 e. The summed E-state index contributed by atoms with van der Waals surface area (Å²) >= 11 is 0. The van der Waals surface area contributed by atoms with E-state index >= 15 is 0 Å². The van der Waals surface area contributed by atoms with E-state index in [9.17, 15) is 28.0 Å². The molecule has 2 heterocycles. The molecule has 0 radical (unpaired) electrons. The second-order valence-corrected chi connectivity index (χ2v) is 8.36. The van der Waals surface area contributed by atoms with Crippen LogP contribution in [-0.2, 0) is 4.74 Å². The van der Waals surface area contributed by atoms with E-state index in [0.717, 1.165) is 29.9 Å². The summed E-state index contributed by atoms with van der Waals surface area (Å²) in [5, 5.41) is 15.3. The molecule has 3 amide bonds. The highest BCUT2D eigenvalue weighted by Crippen LogP contribution is 2.29. The summed E-state index contributed by atoms with van der Waals surface area (Å²) in [4.78, 5) is 27.6. The van der Waals surface area contributed by atoms with Gasteiger partial charge in [0.2, 0.25) is 0 Å². The Bertz CT molecular complexity index is 1150. The van der Waals surface area contributed by atoms with E-state index in [-0.39, 0.29) is 24.8 Å². The molecule has 2 N–H and O–H groups in total. The molecule has 8 nitrogen and oxygen atoms in total. The Labute approximate surface area is 200 Å². The number of carbonyl (C=O) groups is 2. The van der Waals surface area contributed by atoms with E-state index in [1.54, 1.807) is 6.07 Å². The zero-order valence-electron chi connectivity index (χ0n) is 18.8. The van der Waals surface area contributed by atoms with Crippen LogP contribution in [0.4, 0.5) is 28.4 Å². The summed E-state index contributed by atoms with van der Waals surface area (Å²) < 4.78 is 45.2. The van der Waals surface area contributed by atoms with Crippen LogP contribution < -0.4 is 15.5 Å². The van der Waals surface area contributed by atoms with E-state index in [1.807, 2.05) is 6.07 Å². The summed E-state index contributed by atoms with van der Waals surface area (Å²) in [6.45, 7) is 1.94. The number of imide groups is 1. The highest BCUT2D eigenvalue weighted by Gasteiger charge is 2.39. The lowest BCUT2D eigenvalue weighted by atomic mass is 10.0. The van der Waals surface area contributed by atoms with Crippen molar-refractivity contribution < 1.29 is 27.5 Å². The Morgan fingerprint density at radius 2 is 1.86 bits per heavy atom. The van der Waals surface area contributed by atoms with Crippen LogP contribution in [0.1, 0.15) is 30.0 Å². The van der Waals surface area contributed by atoms with Gasteiger partial charge >= 0.3 is 12.1 Å². The van der Waals surface area contributed by atoms with Crippen molar-refractivity contribution >= 4 is 17.8 Å². The quantitative estimate of drug-likeness (QED) is 0.606. The molecule has 2 aromatic rings. The lowest BCUT2D eigenvalue weighted by molar-refractivity contribution is 0.158. The Morgan fingerprint density at radius 1 is 1.09 bits per heavy atom. The number of halogens is 3. The summed E-state index contributed by atoms with van der Waals surface area (Å²) in [7, 11) is 0. The van der Waals surface area contributed by atoms with Crippen molar-refractivity contribution in [3.05, 3.63) is 65.0 Å². The number of hydrogen-bond acceptors (Lipinski definition) is 6. The molecule has 2 aliphatic heterocycles. The van der Waals surface area contributed by atoms with E-state index in [2.05, 4.69) is 15.5 Å². The van der Waals surface area contributed by atoms with Crippen molar-refractivity contribution in [1.82, 2.24) is 15.5 Å². The van der Waals surface area contributed by atoms with E-state index in [4.69, 9.17) is 4.74 Å². The van der Waals surface area contributed by atoms with E-state index in [1.165, 1.54) is 18.2 Å². The van der Waals surface area contributed by atoms with Crippen LogP contribution >= 0.6 is 0 Å². The monoisotopic (exact) mass is 487 g/mol. The minimum Gasteiger partial charge on any atom is -0.446 e. The normalized spacial score (nSPS) is 18.3. The number of benzene rings is 2. The number of cyclic esters (lactones) is 1. The predicted octanol–water partition coefficient (Wildman–Crippen LogP) is 3.44. The Hall–Kier alpha value is -3.78. The topological polar surface area (TPSA) is 97.7 Å². The first-order chi connectivity index (χ1) is 16.9. The van der Waals surface area contributed by atoms with Crippen molar-refractivity contribution in [2.45, 2.75) is 24.9 Å². The first kappa shape index (κ1) is 24.3. The van der Waals surface area contributed by atoms with Crippen LogP contribution in [0.2, 0.25) is 0 Å². The summed E-state index contributed by atoms with van der Waals surface area (Å²) in [6.07, 6.45) is 0.745. The standard InChI is InChI=1S/C24H24F3N5O3/c25-17-2-4-21(16(11-17)13-28)31-9-5-18(6-10-31)29-7-8-30-23(33)32-22(14-35-24(32)34)15-1-3-19(26)20(27)12-15/h1-4,11-12,18,22,29H,5-10,14H2,(H,30,33). The second kappa shape index (κ2) is 10.7. The second-order valence-electron chi connectivity index (χ2n) is 8.36. The molecule has 4 rings (SSSR count). The van der Waals surface area contributed by atoms with Gasteiger partial charge in [-0.25, -0.2) is 27.7 Å². The van der Waals surface area contributed by atoms with Gasteiger partial charge in [-0.05, 0) is 48.7 Å². The molecule has 0 aromatic heterocycles. The largest absolute Gasteiger partial charge is 0.446 e. The molecule has 0 spiro atoms. The van der Waals surface area contributed by atoms with Crippen LogP contribution in [0.25, 0.3) is 0 Å². The number of rotatable bonds is 6. The minimum absolute atomic E-state index is 0.143. The van der Waals surface area contributed by atoms with E-state index in [0.29, 0.717) is 30.9 Å². The van der Waals surface area contributed by atoms with Crippen LogP contribution in [0.3, 0.4) is 0 Å². The Kier molecular flexibility index (Phi) is 7.41. The summed E-state index contributed by atoms with van der Waals surface area (Å²) in [5.41, 5.74) is 1.28. The van der Waals surface area contributed by atoms with Gasteiger partial charge in [-0.15, -0.1) is 0 Å². The molecule has 0 saturated carbocycles. The summed E-state index contributed by atoms with van der Waals surface area (Å²) in [5.74, 6) is -2.53. The van der Waals surface area contributed by atoms with Gasteiger partial charge < -0.3 is 20.3 Å². The molecule has 2 saturated heterocycles. The zero-order valence-corrected chi connectivity index (χ0v) is 18.8. The number of nitrogens with one attached hydrogen (secondary N) is 2. The number of nitriles is 1. The van der Waals surface area contributed by atoms with Crippen LogP contribution in [-0.4, -0.2) is 55.9 Å². The average molecular weight is 487 g/mol. The maximum atomic E-state index is 13.6. The van der Waals surface area contributed by atoms with Gasteiger partial charge in [0.15, 0.2) is 11.6 Å². The number of anilines is 1. The fourth-order valence-electron chi connectivity index (χ4n) is 4.34. The SMILES string of the molecule is N#Cc1cc(F)ccc1N1CCC(NCCNC(=O)N2C(=O)OCC2c2ccc(F)c(F)c2)CC1. The van der Waals surface area contributed by atoms with Crippen molar-refractivity contribution in [3.63, 3.8) is 0 Å². The molecular formula is C24H24F3N5O3. The fourth-order valence-corrected chi connectivity index (χ4v) is 4.34. The highest BCUT2D eigenvalue weighted by molar-refractivity contribution is 5.92. The molecule has 1 unspecified atom stereocenters. The fraction of sp³-hybridized carbons (Fsp3) is 0.375. The lowest BCUT2D eigenvalue weighted by Gasteiger charge is -2.34. The maximum Gasteiger partial charge on any atom is 0.418 e. The lowest BCUT2D eigenvalue weighted by Crippen LogP contribution is -2.47. The third-order valence-electron chi connectivity index (χ3n) is 6.17. The number of carbonyl (C=O) groups excluding carboxylic acids is 2. The number of nitrogens with zero attached hydrogens (tertiary/aromatic N) is 3. The molecule has 2 fully saturated rings. The van der Waals surface area contributed by atoms with Gasteiger partial charge in [0, 0.05) is 32.2 Å². The van der Waals surface area contributed by atoms with Crippen LogP contribution in [0.15, 0.2) is 36.4 Å². The van der Waals surface area contributed by atoms with Crippen LogP contribution in [0, 0.1) is 28.8 Å². The van der Waals surface area contributed by atoms with Gasteiger partial charge in [0.05, 0.1) is 11.3 Å². The molecule has 0 aliphatic carbocycles. The molecular weight excluding hydrogens is 463 g/mol. The molecule has 2 aromatic carbocycles.